The molecule has 2 rings (SSSR count). The molecule has 0 unspecified atom stereocenters. The van der Waals surface area contributed by atoms with Gasteiger partial charge in [0.25, 0.3) is 5.91 Å². The van der Waals surface area contributed by atoms with Crippen molar-refractivity contribution in [3.05, 3.63) is 57.8 Å². The maximum Gasteiger partial charge on any atom is 0.339 e. The summed E-state index contributed by atoms with van der Waals surface area (Å²) in [4.78, 5) is 23.0. The van der Waals surface area contributed by atoms with E-state index in [9.17, 15) is 18.4 Å². The average Bonchev–Trinajstić information content (AvgIpc) is 2.98. The van der Waals surface area contributed by atoms with E-state index in [2.05, 4.69) is 5.32 Å². The van der Waals surface area contributed by atoms with Gasteiger partial charge in [-0.2, -0.15) is 11.3 Å². The Morgan fingerprint density at radius 2 is 2.05 bits per heavy atom. The van der Waals surface area contributed by atoms with Crippen molar-refractivity contribution in [2.75, 3.05) is 6.61 Å². The summed E-state index contributed by atoms with van der Waals surface area (Å²) in [6, 6.07) is 4.65. The van der Waals surface area contributed by atoms with Gasteiger partial charge in [0.15, 0.2) is 6.61 Å². The van der Waals surface area contributed by atoms with Gasteiger partial charge in [0.1, 0.15) is 11.6 Å². The zero-order valence-corrected chi connectivity index (χ0v) is 11.6. The molecule has 2 aromatic rings. The van der Waals surface area contributed by atoms with Gasteiger partial charge in [-0.25, -0.2) is 13.6 Å². The van der Waals surface area contributed by atoms with Crippen LogP contribution in [-0.2, 0) is 16.1 Å². The van der Waals surface area contributed by atoms with Crippen LogP contribution in [0.25, 0.3) is 0 Å². The topological polar surface area (TPSA) is 55.4 Å². The molecule has 21 heavy (non-hydrogen) atoms. The lowest BCUT2D eigenvalue weighted by atomic mass is 10.2. The molecule has 0 aliphatic heterocycles. The minimum Gasteiger partial charge on any atom is -0.452 e. The molecule has 110 valence electrons. The molecule has 0 bridgehead atoms. The highest BCUT2D eigenvalue weighted by Gasteiger charge is 2.11. The van der Waals surface area contributed by atoms with Gasteiger partial charge < -0.3 is 10.1 Å². The maximum absolute atomic E-state index is 13.3. The largest absolute Gasteiger partial charge is 0.452 e. The minimum absolute atomic E-state index is 0.110. The van der Waals surface area contributed by atoms with Crippen LogP contribution in [0.5, 0.6) is 0 Å². The van der Waals surface area contributed by atoms with Crippen LogP contribution in [0.3, 0.4) is 0 Å². The van der Waals surface area contributed by atoms with Crippen molar-refractivity contribution in [1.82, 2.24) is 5.32 Å². The first-order valence-electron chi connectivity index (χ1n) is 5.96. The van der Waals surface area contributed by atoms with Gasteiger partial charge in [-0.05, 0) is 17.5 Å². The number of benzene rings is 1. The first kappa shape index (κ1) is 15.1. The van der Waals surface area contributed by atoms with Crippen molar-refractivity contribution in [3.63, 3.8) is 0 Å². The fourth-order valence-electron chi connectivity index (χ4n) is 1.50. The molecule has 0 saturated heterocycles. The molecule has 4 nitrogen and oxygen atoms in total. The van der Waals surface area contributed by atoms with Crippen molar-refractivity contribution < 1.29 is 23.1 Å². The van der Waals surface area contributed by atoms with Gasteiger partial charge in [-0.15, -0.1) is 0 Å². The van der Waals surface area contributed by atoms with Crippen LogP contribution in [0.4, 0.5) is 8.78 Å². The molecule has 1 aromatic heterocycles. The fourth-order valence-corrected chi connectivity index (χ4v) is 2.13. The summed E-state index contributed by atoms with van der Waals surface area (Å²) >= 11 is 1.34. The van der Waals surface area contributed by atoms with Gasteiger partial charge in [-0.3, -0.25) is 4.79 Å². The predicted molar refractivity (Wildman–Crippen MR) is 72.8 cm³/mol. The van der Waals surface area contributed by atoms with E-state index in [-0.39, 0.29) is 12.1 Å². The second kappa shape index (κ2) is 6.94. The van der Waals surface area contributed by atoms with Crippen molar-refractivity contribution in [3.8, 4) is 0 Å². The molecule has 0 aliphatic rings. The summed E-state index contributed by atoms with van der Waals surface area (Å²) in [5.74, 6) is -2.60. The number of ether oxygens (including phenoxy) is 1. The van der Waals surface area contributed by atoms with Crippen molar-refractivity contribution in [2.24, 2.45) is 0 Å². The van der Waals surface area contributed by atoms with Crippen LogP contribution in [0.1, 0.15) is 15.9 Å². The number of hydrogen-bond acceptors (Lipinski definition) is 4. The van der Waals surface area contributed by atoms with Gasteiger partial charge in [0.2, 0.25) is 0 Å². The molecule has 0 radical (unpaired) electrons. The summed E-state index contributed by atoms with van der Waals surface area (Å²) < 4.78 is 30.8. The molecule has 1 amide bonds. The molecule has 7 heteroatoms. The Morgan fingerprint density at radius 3 is 2.71 bits per heavy atom. The van der Waals surface area contributed by atoms with Crippen molar-refractivity contribution in [1.29, 1.82) is 0 Å². The predicted octanol–water partition coefficient (Wildman–Crippen LogP) is 2.50. The van der Waals surface area contributed by atoms with Gasteiger partial charge in [-0.1, -0.05) is 6.07 Å². The Hall–Kier alpha value is -2.28. The smallest absolute Gasteiger partial charge is 0.339 e. The number of amides is 1. The molecule has 0 fully saturated rings. The number of nitrogens with one attached hydrogen (secondary N) is 1. The zero-order chi connectivity index (χ0) is 15.2. The Morgan fingerprint density at radius 1 is 1.24 bits per heavy atom. The van der Waals surface area contributed by atoms with Crippen molar-refractivity contribution >= 4 is 23.2 Å². The summed E-state index contributed by atoms with van der Waals surface area (Å²) in [6.07, 6.45) is 0. The monoisotopic (exact) mass is 311 g/mol. The Bertz CT molecular complexity index is 644. The summed E-state index contributed by atoms with van der Waals surface area (Å²) in [5, 5.41) is 5.71. The molecule has 0 atom stereocenters. The van der Waals surface area contributed by atoms with Gasteiger partial charge >= 0.3 is 5.97 Å². The van der Waals surface area contributed by atoms with Gasteiger partial charge in [0, 0.05) is 23.6 Å². The lowest BCUT2D eigenvalue weighted by Gasteiger charge is -2.07. The lowest BCUT2D eigenvalue weighted by Crippen LogP contribution is -2.28. The number of halogens is 2. The molecular weight excluding hydrogens is 300 g/mol. The van der Waals surface area contributed by atoms with Crippen LogP contribution in [-0.4, -0.2) is 18.5 Å². The highest BCUT2D eigenvalue weighted by Crippen LogP contribution is 2.09. The van der Waals surface area contributed by atoms with Gasteiger partial charge in [0.05, 0.1) is 5.56 Å². The summed E-state index contributed by atoms with van der Waals surface area (Å²) in [7, 11) is 0. The standard InChI is InChI=1S/C14H11F2NO3S/c15-11-2-1-9(12(16)5-11)6-17-13(18)7-20-14(19)10-3-4-21-8-10/h1-5,8H,6-7H2,(H,17,18). The molecule has 0 saturated carbocycles. The van der Waals surface area contributed by atoms with E-state index in [1.807, 2.05) is 0 Å². The molecule has 0 spiro atoms. The third-order valence-corrected chi connectivity index (χ3v) is 3.27. The van der Waals surface area contributed by atoms with E-state index in [4.69, 9.17) is 4.74 Å². The first-order valence-corrected chi connectivity index (χ1v) is 6.90. The van der Waals surface area contributed by atoms with E-state index in [0.29, 0.717) is 5.56 Å². The summed E-state index contributed by atoms with van der Waals surface area (Å²) in [6.45, 7) is -0.571. The second-order valence-corrected chi connectivity index (χ2v) is 4.88. The van der Waals surface area contributed by atoms with Crippen LogP contribution in [0.15, 0.2) is 35.0 Å². The molecule has 1 N–H and O–H groups in total. The van der Waals surface area contributed by atoms with E-state index in [0.717, 1.165) is 12.1 Å². The quantitative estimate of drug-likeness (QED) is 0.863. The molecule has 0 aliphatic carbocycles. The SMILES string of the molecule is O=C(COC(=O)c1ccsc1)NCc1ccc(F)cc1F. The van der Waals surface area contributed by atoms with Crippen molar-refractivity contribution in [2.45, 2.75) is 6.54 Å². The van der Waals surface area contributed by atoms with Crippen LogP contribution in [0, 0.1) is 11.6 Å². The minimum atomic E-state index is -0.745. The first-order chi connectivity index (χ1) is 10.1. The number of carbonyl (C=O) groups is 2. The van der Waals surface area contributed by atoms with E-state index in [1.54, 1.807) is 16.8 Å². The van der Waals surface area contributed by atoms with Crippen LogP contribution in [0.2, 0.25) is 0 Å². The second-order valence-electron chi connectivity index (χ2n) is 4.10. The molecule has 1 heterocycles. The Balaban J connectivity index is 1.78. The summed E-state index contributed by atoms with van der Waals surface area (Å²) in [5.41, 5.74) is 0.520. The molecule has 1 aromatic carbocycles. The number of hydrogen-bond donors (Lipinski definition) is 1. The number of carbonyl (C=O) groups excluding carboxylic acids is 2. The Kier molecular flexibility index (Phi) is 4.99. The maximum atomic E-state index is 13.3. The van der Waals surface area contributed by atoms with E-state index in [1.165, 1.54) is 17.4 Å². The van der Waals surface area contributed by atoms with E-state index < -0.39 is 30.1 Å². The fraction of sp³-hybridized carbons (Fsp3) is 0.143. The van der Waals surface area contributed by atoms with Crippen LogP contribution >= 0.6 is 11.3 Å². The third-order valence-electron chi connectivity index (χ3n) is 2.58. The molecular formula is C14H11F2NO3S. The van der Waals surface area contributed by atoms with Crippen LogP contribution < -0.4 is 5.32 Å². The Labute approximate surface area is 123 Å². The normalized spacial score (nSPS) is 10.2. The highest BCUT2D eigenvalue weighted by atomic mass is 32.1. The van der Waals surface area contributed by atoms with E-state index >= 15 is 0 Å². The number of esters is 1. The zero-order valence-electron chi connectivity index (χ0n) is 10.8. The number of thiophene rings is 1. The average molecular weight is 311 g/mol. The lowest BCUT2D eigenvalue weighted by molar-refractivity contribution is -0.124. The highest BCUT2D eigenvalue weighted by molar-refractivity contribution is 7.08. The third kappa shape index (κ3) is 4.35. The number of rotatable bonds is 5.